The number of hydrogen-bond acceptors (Lipinski definition) is 2. The number of rotatable bonds is 5. The predicted molar refractivity (Wildman–Crippen MR) is 93.3 cm³/mol. The Bertz CT molecular complexity index is 666. The van der Waals surface area contributed by atoms with E-state index in [0.717, 1.165) is 35.7 Å². The standard InChI is InChI=1S/C18H20BrF6NO/c1-10(26-9-11-4-2-3-5-15(11)19)16(27)12-6-13(17(20,21)22)8-14(7-12)18(23,24)25/h6-8,10,16,26-27H,2-5,9H2,1H3/t10-,16-/m0/s1. The smallest absolute Gasteiger partial charge is 0.387 e. The summed E-state index contributed by atoms with van der Waals surface area (Å²) in [6.45, 7) is 1.93. The maximum atomic E-state index is 13.0. The molecule has 1 aromatic rings. The van der Waals surface area contributed by atoms with Crippen LogP contribution < -0.4 is 5.32 Å². The van der Waals surface area contributed by atoms with E-state index in [1.54, 1.807) is 0 Å². The fraction of sp³-hybridized carbons (Fsp3) is 0.556. The Morgan fingerprint density at radius 3 is 2.00 bits per heavy atom. The third kappa shape index (κ3) is 5.96. The SMILES string of the molecule is C[C@H](NCC1=C(Br)CCCC1)[C@H](O)c1cc(C(F)(F)F)cc(C(F)(F)F)c1. The monoisotopic (exact) mass is 459 g/mol. The van der Waals surface area contributed by atoms with E-state index in [4.69, 9.17) is 0 Å². The molecule has 0 aliphatic heterocycles. The summed E-state index contributed by atoms with van der Waals surface area (Å²) in [5, 5.41) is 13.3. The van der Waals surface area contributed by atoms with E-state index in [2.05, 4.69) is 21.2 Å². The lowest BCUT2D eigenvalue weighted by molar-refractivity contribution is -0.143. The molecule has 27 heavy (non-hydrogen) atoms. The minimum atomic E-state index is -4.94. The maximum absolute atomic E-state index is 13.0. The molecule has 0 aromatic heterocycles. The van der Waals surface area contributed by atoms with Gasteiger partial charge in [0.05, 0.1) is 17.2 Å². The normalized spacial score (nSPS) is 18.6. The molecule has 9 heteroatoms. The van der Waals surface area contributed by atoms with Gasteiger partial charge in [-0.2, -0.15) is 26.3 Å². The zero-order chi connectivity index (χ0) is 20.4. The number of halogens is 7. The van der Waals surface area contributed by atoms with Gasteiger partial charge in [0.1, 0.15) is 0 Å². The number of hydrogen-bond donors (Lipinski definition) is 2. The summed E-state index contributed by atoms with van der Waals surface area (Å²) in [6, 6.07) is 0.448. The lowest BCUT2D eigenvalue weighted by Gasteiger charge is -2.25. The summed E-state index contributed by atoms with van der Waals surface area (Å²) < 4.78 is 78.8. The lowest BCUT2D eigenvalue weighted by Crippen LogP contribution is -2.34. The van der Waals surface area contributed by atoms with Crippen LogP contribution in [-0.4, -0.2) is 17.7 Å². The molecule has 0 radical (unpaired) electrons. The van der Waals surface area contributed by atoms with E-state index in [0.29, 0.717) is 18.7 Å². The number of alkyl halides is 6. The summed E-state index contributed by atoms with van der Waals surface area (Å²) in [6.07, 6.45) is -7.56. The zero-order valence-corrected chi connectivity index (χ0v) is 16.1. The van der Waals surface area contributed by atoms with Crippen LogP contribution in [0.5, 0.6) is 0 Å². The molecule has 152 valence electrons. The Hall–Kier alpha value is -1.06. The largest absolute Gasteiger partial charge is 0.416 e. The second-order valence-electron chi connectivity index (χ2n) is 6.67. The highest BCUT2D eigenvalue weighted by Crippen LogP contribution is 2.38. The van der Waals surface area contributed by atoms with Gasteiger partial charge >= 0.3 is 12.4 Å². The minimum Gasteiger partial charge on any atom is -0.387 e. The van der Waals surface area contributed by atoms with Gasteiger partial charge in [-0.1, -0.05) is 15.9 Å². The van der Waals surface area contributed by atoms with Crippen molar-refractivity contribution in [2.24, 2.45) is 0 Å². The van der Waals surface area contributed by atoms with Crippen molar-refractivity contribution in [1.82, 2.24) is 5.32 Å². The molecule has 0 spiro atoms. The molecule has 0 unspecified atom stereocenters. The zero-order valence-electron chi connectivity index (χ0n) is 14.5. The first-order chi connectivity index (χ1) is 12.4. The summed E-state index contributed by atoms with van der Waals surface area (Å²) >= 11 is 3.48. The first-order valence-electron chi connectivity index (χ1n) is 8.47. The van der Waals surface area contributed by atoms with Gasteiger partial charge in [0.25, 0.3) is 0 Å². The van der Waals surface area contributed by atoms with Gasteiger partial charge in [-0.3, -0.25) is 0 Å². The summed E-state index contributed by atoms with van der Waals surface area (Å²) in [5.41, 5.74) is -2.19. The molecule has 0 heterocycles. The first kappa shape index (κ1) is 22.2. The van der Waals surface area contributed by atoms with Crippen LogP contribution in [0, 0.1) is 0 Å². The molecular formula is C18H20BrF6NO. The highest BCUT2D eigenvalue weighted by atomic mass is 79.9. The van der Waals surface area contributed by atoms with Crippen molar-refractivity contribution >= 4 is 15.9 Å². The quantitative estimate of drug-likeness (QED) is 0.532. The minimum absolute atomic E-state index is 0.0538. The molecule has 0 amide bonds. The Morgan fingerprint density at radius 1 is 1.00 bits per heavy atom. The number of nitrogens with one attached hydrogen (secondary N) is 1. The van der Waals surface area contributed by atoms with Crippen LogP contribution in [0.1, 0.15) is 55.4 Å². The van der Waals surface area contributed by atoms with Gasteiger partial charge in [-0.05, 0) is 66.4 Å². The van der Waals surface area contributed by atoms with Crippen molar-refractivity contribution in [3.8, 4) is 0 Å². The van der Waals surface area contributed by atoms with E-state index in [1.807, 2.05) is 0 Å². The fourth-order valence-corrected chi connectivity index (χ4v) is 3.57. The van der Waals surface area contributed by atoms with Crippen molar-refractivity contribution in [2.75, 3.05) is 6.54 Å². The lowest BCUT2D eigenvalue weighted by atomic mass is 9.96. The van der Waals surface area contributed by atoms with Gasteiger partial charge in [0, 0.05) is 12.6 Å². The van der Waals surface area contributed by atoms with Crippen molar-refractivity contribution in [3.05, 3.63) is 44.9 Å². The van der Waals surface area contributed by atoms with E-state index in [9.17, 15) is 31.4 Å². The summed E-state index contributed by atoms with van der Waals surface area (Å²) in [7, 11) is 0. The molecule has 0 saturated carbocycles. The first-order valence-corrected chi connectivity index (χ1v) is 9.26. The van der Waals surface area contributed by atoms with Crippen LogP contribution in [0.25, 0.3) is 0 Å². The second-order valence-corrected chi connectivity index (χ2v) is 7.63. The van der Waals surface area contributed by atoms with Gasteiger partial charge in [-0.15, -0.1) is 0 Å². The predicted octanol–water partition coefficient (Wildman–Crippen LogP) is 5.96. The van der Waals surface area contributed by atoms with Crippen LogP contribution in [0.15, 0.2) is 28.3 Å². The molecule has 1 aliphatic carbocycles. The molecule has 0 bridgehead atoms. The van der Waals surface area contributed by atoms with Crippen LogP contribution in [0.4, 0.5) is 26.3 Å². The van der Waals surface area contributed by atoms with Crippen molar-refractivity contribution < 1.29 is 31.4 Å². The fourth-order valence-electron chi connectivity index (χ4n) is 2.95. The van der Waals surface area contributed by atoms with Crippen molar-refractivity contribution in [3.63, 3.8) is 0 Å². The maximum Gasteiger partial charge on any atom is 0.416 e. The van der Waals surface area contributed by atoms with Crippen LogP contribution >= 0.6 is 15.9 Å². The highest BCUT2D eigenvalue weighted by Gasteiger charge is 2.37. The number of benzene rings is 1. The second kappa shape index (κ2) is 8.53. The van der Waals surface area contributed by atoms with E-state index in [-0.39, 0.29) is 6.07 Å². The third-order valence-corrected chi connectivity index (χ3v) is 5.53. The van der Waals surface area contributed by atoms with E-state index < -0.39 is 41.2 Å². The van der Waals surface area contributed by atoms with Gasteiger partial charge in [0.15, 0.2) is 0 Å². The van der Waals surface area contributed by atoms with Gasteiger partial charge in [0.2, 0.25) is 0 Å². The number of aliphatic hydroxyl groups is 1. The van der Waals surface area contributed by atoms with Crippen LogP contribution in [0.3, 0.4) is 0 Å². The van der Waals surface area contributed by atoms with Crippen LogP contribution in [-0.2, 0) is 12.4 Å². The topological polar surface area (TPSA) is 32.3 Å². The third-order valence-electron chi connectivity index (χ3n) is 4.57. The number of allylic oxidation sites excluding steroid dienone is 1. The molecule has 2 rings (SSSR count). The Morgan fingerprint density at radius 2 is 1.52 bits per heavy atom. The highest BCUT2D eigenvalue weighted by molar-refractivity contribution is 9.11. The Balaban J connectivity index is 2.22. The van der Waals surface area contributed by atoms with Crippen molar-refractivity contribution in [1.29, 1.82) is 0 Å². The molecule has 0 fully saturated rings. The molecule has 1 aliphatic rings. The molecule has 0 saturated heterocycles. The summed E-state index contributed by atoms with van der Waals surface area (Å²) in [5.74, 6) is 0. The van der Waals surface area contributed by atoms with Gasteiger partial charge < -0.3 is 10.4 Å². The number of aliphatic hydroxyl groups excluding tert-OH is 1. The average Bonchev–Trinajstić information content (AvgIpc) is 2.58. The molecule has 2 N–H and O–H groups in total. The Labute approximate surface area is 161 Å². The van der Waals surface area contributed by atoms with Crippen LogP contribution in [0.2, 0.25) is 0 Å². The van der Waals surface area contributed by atoms with E-state index in [1.165, 1.54) is 6.92 Å². The molecule has 2 nitrogen and oxygen atoms in total. The molecule has 1 aromatic carbocycles. The molecular weight excluding hydrogens is 440 g/mol. The van der Waals surface area contributed by atoms with E-state index >= 15 is 0 Å². The average molecular weight is 460 g/mol. The molecule has 2 atom stereocenters. The van der Waals surface area contributed by atoms with Gasteiger partial charge in [-0.25, -0.2) is 0 Å². The Kier molecular flexibility index (Phi) is 7.02. The summed E-state index contributed by atoms with van der Waals surface area (Å²) in [4.78, 5) is 0. The van der Waals surface area contributed by atoms with Crippen molar-refractivity contribution in [2.45, 2.75) is 57.1 Å².